The van der Waals surface area contributed by atoms with Crippen molar-refractivity contribution in [2.45, 2.75) is 19.3 Å². The lowest BCUT2D eigenvalue weighted by molar-refractivity contribution is -0.139. The van der Waals surface area contributed by atoms with Crippen molar-refractivity contribution in [2.75, 3.05) is 13.7 Å². The van der Waals surface area contributed by atoms with E-state index in [9.17, 15) is 9.59 Å². The molecule has 0 fully saturated rings. The van der Waals surface area contributed by atoms with Crippen molar-refractivity contribution in [3.8, 4) is 5.75 Å². The van der Waals surface area contributed by atoms with Gasteiger partial charge < -0.3 is 9.84 Å². The summed E-state index contributed by atoms with van der Waals surface area (Å²) in [4.78, 5) is 22.4. The second kappa shape index (κ2) is 6.75. The molecule has 104 valence electrons. The molecule has 19 heavy (non-hydrogen) atoms. The molecule has 0 bridgehead atoms. The Morgan fingerprint density at radius 2 is 1.95 bits per heavy atom. The van der Waals surface area contributed by atoms with E-state index in [0.29, 0.717) is 5.75 Å². The minimum atomic E-state index is -0.986. The summed E-state index contributed by atoms with van der Waals surface area (Å²) in [6.45, 7) is 1.72. The van der Waals surface area contributed by atoms with E-state index in [0.717, 1.165) is 10.6 Å². The third-order valence-corrected chi connectivity index (χ3v) is 2.84. The van der Waals surface area contributed by atoms with Gasteiger partial charge in [0, 0.05) is 6.54 Å². The predicted octanol–water partition coefficient (Wildman–Crippen LogP) is 0.976. The molecule has 1 amide bonds. The number of carbonyl (C=O) groups is 2. The second-order valence-electron chi connectivity index (χ2n) is 4.17. The molecular weight excluding hydrogens is 248 g/mol. The van der Waals surface area contributed by atoms with Crippen molar-refractivity contribution >= 4 is 11.9 Å². The molecular formula is C13H18N2O4. The number of nitrogens with two attached hydrogens (primary N) is 1. The molecule has 0 aliphatic rings. The number of aliphatic carboxylic acids is 1. The molecule has 0 radical (unpaired) electrons. The van der Waals surface area contributed by atoms with Crippen LogP contribution in [0.2, 0.25) is 0 Å². The van der Waals surface area contributed by atoms with Gasteiger partial charge in [0.1, 0.15) is 5.75 Å². The smallest absolute Gasteiger partial charge is 0.305 e. The van der Waals surface area contributed by atoms with Crippen LogP contribution in [0.3, 0.4) is 0 Å². The van der Waals surface area contributed by atoms with E-state index in [1.807, 2.05) is 0 Å². The number of carboxylic acids is 1. The number of hydrazine groups is 1. The van der Waals surface area contributed by atoms with E-state index in [2.05, 4.69) is 0 Å². The number of nitrogens with zero attached hydrogens (tertiary/aromatic N) is 1. The Hall–Kier alpha value is -2.08. The van der Waals surface area contributed by atoms with Crippen LogP contribution < -0.4 is 10.6 Å². The van der Waals surface area contributed by atoms with Crippen LogP contribution in [-0.2, 0) is 9.59 Å². The fourth-order valence-corrected chi connectivity index (χ4v) is 1.61. The SMILES string of the molecule is COc1ccc([C@H](C)C(=O)N(N)CCC(=O)O)cc1. The summed E-state index contributed by atoms with van der Waals surface area (Å²) in [6, 6.07) is 7.09. The molecule has 0 aliphatic carbocycles. The molecule has 1 rings (SSSR count). The van der Waals surface area contributed by atoms with E-state index in [1.54, 1.807) is 38.3 Å². The van der Waals surface area contributed by atoms with Gasteiger partial charge in [0.25, 0.3) is 0 Å². The van der Waals surface area contributed by atoms with Gasteiger partial charge in [0.2, 0.25) is 5.91 Å². The fourth-order valence-electron chi connectivity index (χ4n) is 1.61. The summed E-state index contributed by atoms with van der Waals surface area (Å²) >= 11 is 0. The lowest BCUT2D eigenvalue weighted by Gasteiger charge is -2.20. The Morgan fingerprint density at radius 1 is 1.37 bits per heavy atom. The van der Waals surface area contributed by atoms with Crippen molar-refractivity contribution in [3.05, 3.63) is 29.8 Å². The zero-order valence-electron chi connectivity index (χ0n) is 11.0. The van der Waals surface area contributed by atoms with E-state index >= 15 is 0 Å². The highest BCUT2D eigenvalue weighted by molar-refractivity contribution is 5.83. The zero-order chi connectivity index (χ0) is 14.4. The van der Waals surface area contributed by atoms with Gasteiger partial charge in [-0.25, -0.2) is 5.84 Å². The van der Waals surface area contributed by atoms with E-state index in [4.69, 9.17) is 15.7 Å². The van der Waals surface area contributed by atoms with Gasteiger partial charge in [-0.05, 0) is 24.6 Å². The first-order valence-corrected chi connectivity index (χ1v) is 5.87. The van der Waals surface area contributed by atoms with Gasteiger partial charge in [-0.15, -0.1) is 0 Å². The summed E-state index contributed by atoms with van der Waals surface area (Å²) in [7, 11) is 1.57. The van der Waals surface area contributed by atoms with Crippen LogP contribution in [0.5, 0.6) is 5.75 Å². The third kappa shape index (κ3) is 4.26. The Labute approximate surface area is 111 Å². The molecule has 6 heteroatoms. The van der Waals surface area contributed by atoms with Crippen molar-refractivity contribution in [1.29, 1.82) is 0 Å². The molecule has 0 aromatic heterocycles. The summed E-state index contributed by atoms with van der Waals surface area (Å²) in [5.41, 5.74) is 0.802. The molecule has 0 aliphatic heterocycles. The quantitative estimate of drug-likeness (QED) is 0.455. The maximum absolute atomic E-state index is 12.0. The molecule has 1 atom stereocenters. The summed E-state index contributed by atoms with van der Waals surface area (Å²) in [6.07, 6.45) is -0.169. The van der Waals surface area contributed by atoms with Gasteiger partial charge in [-0.2, -0.15) is 0 Å². The minimum Gasteiger partial charge on any atom is -0.497 e. The zero-order valence-corrected chi connectivity index (χ0v) is 11.0. The Balaban J connectivity index is 2.66. The van der Waals surface area contributed by atoms with Gasteiger partial charge in [0.05, 0.1) is 19.4 Å². The molecule has 1 aromatic carbocycles. The lowest BCUT2D eigenvalue weighted by Crippen LogP contribution is -2.41. The van der Waals surface area contributed by atoms with E-state index in [1.165, 1.54) is 0 Å². The summed E-state index contributed by atoms with van der Waals surface area (Å²) in [5, 5.41) is 9.50. The molecule has 0 saturated carbocycles. The molecule has 6 nitrogen and oxygen atoms in total. The molecule has 0 heterocycles. The number of benzene rings is 1. The number of amides is 1. The Kier molecular flexibility index (Phi) is 5.32. The highest BCUT2D eigenvalue weighted by Gasteiger charge is 2.20. The number of rotatable bonds is 6. The third-order valence-electron chi connectivity index (χ3n) is 2.84. The van der Waals surface area contributed by atoms with Crippen LogP contribution in [0.15, 0.2) is 24.3 Å². The highest BCUT2D eigenvalue weighted by atomic mass is 16.5. The molecule has 3 N–H and O–H groups in total. The van der Waals surface area contributed by atoms with E-state index < -0.39 is 11.9 Å². The standard InChI is InChI=1S/C13H18N2O4/c1-9(10-3-5-11(19-2)6-4-10)13(18)15(14)8-7-12(16)17/h3-6,9H,7-8,14H2,1-2H3,(H,16,17)/t9-/m0/s1. The second-order valence-corrected chi connectivity index (χ2v) is 4.17. The van der Waals surface area contributed by atoms with Gasteiger partial charge in [-0.3, -0.25) is 14.6 Å². The maximum Gasteiger partial charge on any atom is 0.305 e. The lowest BCUT2D eigenvalue weighted by atomic mass is 10.00. The van der Waals surface area contributed by atoms with Crippen molar-refractivity contribution in [2.24, 2.45) is 5.84 Å². The first-order valence-electron chi connectivity index (χ1n) is 5.87. The van der Waals surface area contributed by atoms with Gasteiger partial charge >= 0.3 is 5.97 Å². The Morgan fingerprint density at radius 3 is 2.42 bits per heavy atom. The molecule has 0 saturated heterocycles. The van der Waals surface area contributed by atoms with Crippen LogP contribution in [-0.4, -0.2) is 35.6 Å². The monoisotopic (exact) mass is 266 g/mol. The van der Waals surface area contributed by atoms with Crippen molar-refractivity contribution in [3.63, 3.8) is 0 Å². The summed E-state index contributed by atoms with van der Waals surface area (Å²) < 4.78 is 5.04. The van der Waals surface area contributed by atoms with Crippen LogP contribution >= 0.6 is 0 Å². The molecule has 0 spiro atoms. The number of hydrogen-bond donors (Lipinski definition) is 2. The average molecular weight is 266 g/mol. The average Bonchev–Trinajstić information content (AvgIpc) is 2.43. The predicted molar refractivity (Wildman–Crippen MR) is 69.6 cm³/mol. The van der Waals surface area contributed by atoms with Crippen LogP contribution in [0.4, 0.5) is 0 Å². The molecule has 0 unspecified atom stereocenters. The first kappa shape index (κ1) is 15.0. The fraction of sp³-hybridized carbons (Fsp3) is 0.385. The van der Waals surface area contributed by atoms with Crippen LogP contribution in [0.1, 0.15) is 24.8 Å². The first-order chi connectivity index (χ1) is 8.95. The normalized spacial score (nSPS) is 11.7. The molecule has 1 aromatic rings. The number of methoxy groups -OCH3 is 1. The van der Waals surface area contributed by atoms with Gasteiger partial charge in [-0.1, -0.05) is 12.1 Å². The topological polar surface area (TPSA) is 92.9 Å². The minimum absolute atomic E-state index is 0.00530. The largest absolute Gasteiger partial charge is 0.497 e. The number of hydrogen-bond acceptors (Lipinski definition) is 4. The highest BCUT2D eigenvalue weighted by Crippen LogP contribution is 2.20. The van der Waals surface area contributed by atoms with Gasteiger partial charge in [0.15, 0.2) is 0 Å². The van der Waals surface area contributed by atoms with Crippen molar-refractivity contribution in [1.82, 2.24) is 5.01 Å². The number of ether oxygens (including phenoxy) is 1. The van der Waals surface area contributed by atoms with Crippen molar-refractivity contribution < 1.29 is 19.4 Å². The number of carboxylic acid groups (broad SMARTS) is 1. The maximum atomic E-state index is 12.0. The summed E-state index contributed by atoms with van der Waals surface area (Å²) in [5.74, 6) is 4.54. The van der Waals surface area contributed by atoms with Crippen LogP contribution in [0.25, 0.3) is 0 Å². The van der Waals surface area contributed by atoms with Crippen LogP contribution in [0, 0.1) is 0 Å². The van der Waals surface area contributed by atoms with E-state index in [-0.39, 0.29) is 18.9 Å². The number of carbonyl (C=O) groups excluding carboxylic acids is 1. The Bertz CT molecular complexity index is 444.